The van der Waals surface area contributed by atoms with Crippen molar-refractivity contribution in [1.29, 1.82) is 0 Å². The predicted molar refractivity (Wildman–Crippen MR) is 50.6 cm³/mol. The van der Waals surface area contributed by atoms with Crippen LogP contribution in [0.1, 0.15) is 36.2 Å². The minimum atomic E-state index is -2.47. The predicted octanol–water partition coefficient (Wildman–Crippen LogP) is 3.46. The summed E-state index contributed by atoms with van der Waals surface area (Å²) in [5.41, 5.74) is 0.440. The lowest BCUT2D eigenvalue weighted by atomic mass is 10.0. The summed E-state index contributed by atoms with van der Waals surface area (Å²) in [4.78, 5) is 11.4. The molecule has 0 aromatic heterocycles. The van der Waals surface area contributed by atoms with Crippen LogP contribution in [0.5, 0.6) is 0 Å². The zero-order chi connectivity index (χ0) is 10.7. The summed E-state index contributed by atoms with van der Waals surface area (Å²) in [6.07, 6.45) is -2.47. The average molecular weight is 198 g/mol. The van der Waals surface area contributed by atoms with E-state index < -0.39 is 6.43 Å². The molecule has 14 heavy (non-hydrogen) atoms. The second kappa shape index (κ2) is 4.31. The molecular formula is C11H12F2O. The number of hydrogen-bond acceptors (Lipinski definition) is 1. The van der Waals surface area contributed by atoms with Gasteiger partial charge in [-0.25, -0.2) is 8.78 Å². The minimum absolute atomic E-state index is 0.0224. The minimum Gasteiger partial charge on any atom is -0.294 e. The first-order chi connectivity index (χ1) is 6.52. The Hall–Kier alpha value is -1.25. The number of alkyl halides is 2. The highest BCUT2D eigenvalue weighted by Gasteiger charge is 2.11. The first-order valence-electron chi connectivity index (χ1n) is 4.44. The van der Waals surface area contributed by atoms with E-state index in [-0.39, 0.29) is 17.3 Å². The number of ketones is 1. The topological polar surface area (TPSA) is 17.1 Å². The molecule has 0 amide bonds. The molecule has 3 heteroatoms. The van der Waals surface area contributed by atoms with Crippen LogP contribution in [-0.2, 0) is 0 Å². The number of rotatable bonds is 3. The number of benzene rings is 1. The lowest BCUT2D eigenvalue weighted by Gasteiger charge is -2.05. The molecule has 0 saturated heterocycles. The lowest BCUT2D eigenvalue weighted by Crippen LogP contribution is -2.07. The fourth-order valence-electron chi connectivity index (χ4n) is 1.13. The summed E-state index contributed by atoms with van der Waals surface area (Å²) in [7, 11) is 0. The van der Waals surface area contributed by atoms with Crippen LogP contribution in [0.4, 0.5) is 8.78 Å². The number of Topliss-reactive ketones (excluding diaryl/α,β-unsaturated/α-hetero) is 1. The Balaban J connectivity index is 2.89. The molecule has 0 atom stereocenters. The number of halogens is 2. The molecule has 0 spiro atoms. The van der Waals surface area contributed by atoms with E-state index in [0.29, 0.717) is 5.56 Å². The smallest absolute Gasteiger partial charge is 0.263 e. The van der Waals surface area contributed by atoms with Gasteiger partial charge < -0.3 is 0 Å². The van der Waals surface area contributed by atoms with Crippen molar-refractivity contribution < 1.29 is 13.6 Å². The van der Waals surface area contributed by atoms with Crippen molar-refractivity contribution in [3.63, 3.8) is 0 Å². The van der Waals surface area contributed by atoms with E-state index >= 15 is 0 Å². The second-order valence-corrected chi connectivity index (χ2v) is 3.44. The van der Waals surface area contributed by atoms with Gasteiger partial charge in [0.2, 0.25) is 0 Å². The van der Waals surface area contributed by atoms with Crippen molar-refractivity contribution in [2.45, 2.75) is 20.3 Å². The Morgan fingerprint density at radius 2 is 1.64 bits per heavy atom. The van der Waals surface area contributed by atoms with Crippen LogP contribution in [0, 0.1) is 5.92 Å². The van der Waals surface area contributed by atoms with Crippen LogP contribution in [0.2, 0.25) is 0 Å². The first-order valence-corrected chi connectivity index (χ1v) is 4.44. The van der Waals surface area contributed by atoms with Gasteiger partial charge in [-0.1, -0.05) is 38.1 Å². The van der Waals surface area contributed by atoms with Crippen molar-refractivity contribution in [3.8, 4) is 0 Å². The van der Waals surface area contributed by atoms with E-state index in [0.717, 1.165) is 0 Å². The third-order valence-electron chi connectivity index (χ3n) is 1.97. The SMILES string of the molecule is CC(C)C(=O)c1ccc(C(F)F)cc1. The van der Waals surface area contributed by atoms with E-state index in [1.165, 1.54) is 24.3 Å². The molecule has 0 radical (unpaired) electrons. The second-order valence-electron chi connectivity index (χ2n) is 3.44. The highest BCUT2D eigenvalue weighted by atomic mass is 19.3. The molecule has 0 saturated carbocycles. The van der Waals surface area contributed by atoms with E-state index in [1.807, 2.05) is 0 Å². The number of hydrogen-bond donors (Lipinski definition) is 0. The van der Waals surface area contributed by atoms with Crippen molar-refractivity contribution in [2.24, 2.45) is 5.92 Å². The number of carbonyl (C=O) groups is 1. The van der Waals surface area contributed by atoms with Gasteiger partial charge in [0.15, 0.2) is 5.78 Å². The van der Waals surface area contributed by atoms with Gasteiger partial charge in [0.25, 0.3) is 6.43 Å². The van der Waals surface area contributed by atoms with Gasteiger partial charge in [0.1, 0.15) is 0 Å². The van der Waals surface area contributed by atoms with E-state index in [1.54, 1.807) is 13.8 Å². The molecule has 0 unspecified atom stereocenters. The van der Waals surface area contributed by atoms with Crippen LogP contribution in [0.15, 0.2) is 24.3 Å². The first kappa shape index (κ1) is 10.8. The Bertz CT molecular complexity index is 315. The molecule has 1 aromatic rings. The lowest BCUT2D eigenvalue weighted by molar-refractivity contribution is 0.0939. The van der Waals surface area contributed by atoms with Gasteiger partial charge in [-0.05, 0) is 0 Å². The van der Waals surface area contributed by atoms with Gasteiger partial charge in [-0.2, -0.15) is 0 Å². The molecular weight excluding hydrogens is 186 g/mol. The maximum atomic E-state index is 12.2. The van der Waals surface area contributed by atoms with Crippen molar-refractivity contribution in [1.82, 2.24) is 0 Å². The largest absolute Gasteiger partial charge is 0.294 e. The van der Waals surface area contributed by atoms with Crippen molar-refractivity contribution in [3.05, 3.63) is 35.4 Å². The van der Waals surface area contributed by atoms with Gasteiger partial charge >= 0.3 is 0 Å². The Morgan fingerprint density at radius 1 is 1.14 bits per heavy atom. The van der Waals surface area contributed by atoms with Crippen LogP contribution in [0.25, 0.3) is 0 Å². The Labute approximate surface area is 81.7 Å². The van der Waals surface area contributed by atoms with Gasteiger partial charge in [-0.3, -0.25) is 4.79 Å². The molecule has 0 aliphatic carbocycles. The molecule has 1 nitrogen and oxygen atoms in total. The summed E-state index contributed by atoms with van der Waals surface area (Å²) in [5, 5.41) is 0. The van der Waals surface area contributed by atoms with Gasteiger partial charge in [-0.15, -0.1) is 0 Å². The quantitative estimate of drug-likeness (QED) is 0.680. The molecule has 0 aliphatic heterocycles. The van der Waals surface area contributed by atoms with Gasteiger partial charge in [0.05, 0.1) is 0 Å². The average Bonchev–Trinajstić information content (AvgIpc) is 2.16. The zero-order valence-corrected chi connectivity index (χ0v) is 8.13. The summed E-state index contributed by atoms with van der Waals surface area (Å²) < 4.78 is 24.3. The molecule has 0 fully saturated rings. The Kier molecular flexibility index (Phi) is 3.33. The maximum Gasteiger partial charge on any atom is 0.263 e. The van der Waals surface area contributed by atoms with E-state index in [4.69, 9.17) is 0 Å². The Morgan fingerprint density at radius 3 is 2.00 bits per heavy atom. The standard InChI is InChI=1S/C11H12F2O/c1-7(2)10(14)8-3-5-9(6-4-8)11(12)13/h3-7,11H,1-2H3. The zero-order valence-electron chi connectivity index (χ0n) is 8.13. The fraction of sp³-hybridized carbons (Fsp3) is 0.364. The summed E-state index contributed by atoms with van der Waals surface area (Å²) in [5.74, 6) is -0.127. The monoisotopic (exact) mass is 198 g/mol. The molecule has 1 aromatic carbocycles. The normalized spacial score (nSPS) is 11.0. The van der Waals surface area contributed by atoms with Crippen LogP contribution < -0.4 is 0 Å². The molecule has 0 aliphatic rings. The van der Waals surface area contributed by atoms with Gasteiger partial charge in [0, 0.05) is 17.0 Å². The summed E-state index contributed by atoms with van der Waals surface area (Å²) in [6.45, 7) is 3.56. The van der Waals surface area contributed by atoms with E-state index in [2.05, 4.69) is 0 Å². The highest BCUT2D eigenvalue weighted by Crippen LogP contribution is 2.19. The van der Waals surface area contributed by atoms with Crippen LogP contribution in [0.3, 0.4) is 0 Å². The van der Waals surface area contributed by atoms with E-state index in [9.17, 15) is 13.6 Å². The fourth-order valence-corrected chi connectivity index (χ4v) is 1.13. The van der Waals surface area contributed by atoms with Crippen LogP contribution in [-0.4, -0.2) is 5.78 Å². The van der Waals surface area contributed by atoms with Crippen LogP contribution >= 0.6 is 0 Å². The van der Waals surface area contributed by atoms with Crippen molar-refractivity contribution >= 4 is 5.78 Å². The molecule has 76 valence electrons. The third-order valence-corrected chi connectivity index (χ3v) is 1.97. The summed E-state index contributed by atoms with van der Waals surface area (Å²) >= 11 is 0. The molecule has 0 bridgehead atoms. The number of carbonyl (C=O) groups excluding carboxylic acids is 1. The van der Waals surface area contributed by atoms with Crippen molar-refractivity contribution in [2.75, 3.05) is 0 Å². The molecule has 0 N–H and O–H groups in total. The molecule has 1 rings (SSSR count). The third kappa shape index (κ3) is 2.37. The summed E-state index contributed by atoms with van der Waals surface area (Å²) in [6, 6.07) is 5.48. The molecule has 0 heterocycles. The maximum absolute atomic E-state index is 12.2. The highest BCUT2D eigenvalue weighted by molar-refractivity contribution is 5.97.